The molecule has 16 rings (SSSR count). The van der Waals surface area contributed by atoms with Crippen molar-refractivity contribution >= 4 is 96.1 Å². The van der Waals surface area contributed by atoms with E-state index in [2.05, 4.69) is 341 Å². The smallest absolute Gasteiger partial charge is 0.252 e. The first kappa shape index (κ1) is 48.1. The van der Waals surface area contributed by atoms with Crippen LogP contribution in [0.3, 0.4) is 0 Å². The van der Waals surface area contributed by atoms with Crippen LogP contribution in [0.2, 0.25) is 0 Å². The summed E-state index contributed by atoms with van der Waals surface area (Å²) in [5.74, 6) is 0. The lowest BCUT2D eigenvalue weighted by molar-refractivity contribution is 1.18. The molecule has 2 aliphatic heterocycles. The molecule has 0 amide bonds. The summed E-state index contributed by atoms with van der Waals surface area (Å²) in [7, 11) is 0. The van der Waals surface area contributed by atoms with Crippen molar-refractivity contribution in [2.24, 2.45) is 0 Å². The van der Waals surface area contributed by atoms with Crippen molar-refractivity contribution in [3.63, 3.8) is 0 Å². The Balaban J connectivity index is 1.00. The van der Waals surface area contributed by atoms with Gasteiger partial charge in [-0.05, 0) is 135 Å². The molecule has 0 atom stereocenters. The lowest BCUT2D eigenvalue weighted by atomic mass is 9.33. The highest BCUT2D eigenvalue weighted by Crippen LogP contribution is 2.51. The van der Waals surface area contributed by atoms with Gasteiger partial charge in [-0.15, -0.1) is 0 Å². The zero-order chi connectivity index (χ0) is 54.8. The Hall–Kier alpha value is -10.9. The van der Waals surface area contributed by atoms with Crippen molar-refractivity contribution in [3.05, 3.63) is 322 Å². The number of hydrogen-bond donors (Lipinski definition) is 0. The zero-order valence-corrected chi connectivity index (χ0v) is 45.5. The minimum Gasteiger partial charge on any atom is -0.311 e. The van der Waals surface area contributed by atoms with Crippen molar-refractivity contribution in [3.8, 4) is 50.2 Å². The monoisotopic (exact) mass is 1060 g/mol. The second-order valence-corrected chi connectivity index (χ2v) is 21.6. The van der Waals surface area contributed by atoms with Crippen molar-refractivity contribution in [2.75, 3.05) is 14.7 Å². The highest BCUT2D eigenvalue weighted by atomic mass is 15.2. The summed E-state index contributed by atoms with van der Waals surface area (Å²) in [6.07, 6.45) is 0. The van der Waals surface area contributed by atoms with Crippen LogP contribution in [-0.2, 0) is 0 Å². The van der Waals surface area contributed by atoms with Gasteiger partial charge in [-0.2, -0.15) is 0 Å². The fourth-order valence-corrected chi connectivity index (χ4v) is 13.4. The highest BCUT2D eigenvalue weighted by molar-refractivity contribution is 7.00. The molecule has 5 heteroatoms. The van der Waals surface area contributed by atoms with Gasteiger partial charge in [0.15, 0.2) is 0 Å². The van der Waals surface area contributed by atoms with Gasteiger partial charge in [0.2, 0.25) is 0 Å². The Labute approximate surface area is 484 Å². The zero-order valence-electron chi connectivity index (χ0n) is 45.5. The lowest BCUT2D eigenvalue weighted by Crippen LogP contribution is -2.61. The molecule has 0 fully saturated rings. The van der Waals surface area contributed by atoms with Gasteiger partial charge in [0, 0.05) is 67.4 Å². The molecule has 388 valence electrons. The first-order chi connectivity index (χ1) is 41.2. The van der Waals surface area contributed by atoms with Crippen LogP contribution in [0.15, 0.2) is 322 Å². The van der Waals surface area contributed by atoms with Crippen LogP contribution in [0.5, 0.6) is 0 Å². The minimum atomic E-state index is -0.140. The fraction of sp³-hybridized carbons (Fsp3) is 0. The Morgan fingerprint density at radius 1 is 0.277 bits per heavy atom. The van der Waals surface area contributed by atoms with E-state index in [0.29, 0.717) is 0 Å². The van der Waals surface area contributed by atoms with Gasteiger partial charge in [-0.25, -0.2) is 0 Å². The highest BCUT2D eigenvalue weighted by Gasteiger charge is 2.45. The normalized spacial score (nSPS) is 12.3. The van der Waals surface area contributed by atoms with Crippen LogP contribution in [0.4, 0.5) is 51.2 Å². The van der Waals surface area contributed by atoms with Crippen molar-refractivity contribution in [1.29, 1.82) is 0 Å². The van der Waals surface area contributed by atoms with Gasteiger partial charge in [0.05, 0.1) is 22.4 Å². The van der Waals surface area contributed by atoms with Crippen LogP contribution in [0.1, 0.15) is 0 Å². The first-order valence-corrected chi connectivity index (χ1v) is 28.6. The van der Waals surface area contributed by atoms with Gasteiger partial charge >= 0.3 is 0 Å². The molecule has 83 heavy (non-hydrogen) atoms. The Bertz CT molecular complexity index is 4620. The second kappa shape index (κ2) is 20.0. The second-order valence-electron chi connectivity index (χ2n) is 21.6. The predicted octanol–water partition coefficient (Wildman–Crippen LogP) is 19.0. The topological polar surface area (TPSA) is 14.7 Å². The third-order valence-electron chi connectivity index (χ3n) is 16.9. The van der Waals surface area contributed by atoms with E-state index < -0.39 is 0 Å². The van der Waals surface area contributed by atoms with Crippen molar-refractivity contribution in [1.82, 2.24) is 4.57 Å². The van der Waals surface area contributed by atoms with Gasteiger partial charge in [0.25, 0.3) is 6.71 Å². The van der Waals surface area contributed by atoms with Crippen LogP contribution >= 0.6 is 0 Å². The predicted molar refractivity (Wildman–Crippen MR) is 351 cm³/mol. The van der Waals surface area contributed by atoms with E-state index in [1.807, 2.05) is 0 Å². The summed E-state index contributed by atoms with van der Waals surface area (Å²) in [6.45, 7) is -0.140. The van der Waals surface area contributed by atoms with Gasteiger partial charge in [-0.1, -0.05) is 237 Å². The Morgan fingerprint density at radius 2 is 0.771 bits per heavy atom. The average Bonchev–Trinajstić information content (AvgIpc) is 2.32. The standard InChI is InChI=1S/C78H53BN4/c1-7-24-54(25-8-1)56-44-46-62(47-45-56)82-73-43-23-42-72-76(73)79(68-49-48-64(80(60-33-15-5-16-34-60)61-35-17-6-18-36-61)53-74(68)81(72)63-37-21-32-59(52-63)55-26-9-2-10-27-55)69-50-51-71-75(78(69)82)67-38-19-20-41-70(67)83(71)77-65(57-28-11-3-12-29-57)39-22-40-66(77)58-30-13-4-14-31-58/h1-53H. The molecule has 0 N–H and O–H groups in total. The van der Waals surface area contributed by atoms with Crippen LogP contribution < -0.4 is 31.1 Å². The SMILES string of the molecule is c1ccc(-c2ccc(N3c4cccc5c4B(c4ccc(N(c6ccccc6)c6ccccc6)cc4N5c4cccc(-c5ccccc5)c4)c4ccc5c(c43)c3ccccc3n5-c3c(-c4ccccc4)cccc3-c3ccccc3)cc2)cc1. The molecule has 2 aliphatic rings. The largest absolute Gasteiger partial charge is 0.311 e. The van der Waals surface area contributed by atoms with E-state index in [4.69, 9.17) is 0 Å². The number of nitrogens with zero attached hydrogens (tertiary/aromatic N) is 4. The summed E-state index contributed by atoms with van der Waals surface area (Å²) in [6, 6.07) is 118. The molecular weight excluding hydrogens is 1000 g/mol. The average molecular weight is 1060 g/mol. The van der Waals surface area contributed by atoms with E-state index in [9.17, 15) is 0 Å². The Morgan fingerprint density at radius 3 is 1.40 bits per heavy atom. The minimum absolute atomic E-state index is 0.140. The Kier molecular flexibility index (Phi) is 11.6. The van der Waals surface area contributed by atoms with E-state index in [1.165, 1.54) is 71.8 Å². The van der Waals surface area contributed by atoms with Gasteiger partial charge in [0.1, 0.15) is 0 Å². The number of hydrogen-bond acceptors (Lipinski definition) is 3. The van der Waals surface area contributed by atoms with Crippen LogP contribution in [-0.4, -0.2) is 11.3 Å². The summed E-state index contributed by atoms with van der Waals surface area (Å²) >= 11 is 0. The lowest BCUT2D eigenvalue weighted by Gasteiger charge is -2.44. The van der Waals surface area contributed by atoms with E-state index in [1.54, 1.807) is 0 Å². The molecule has 0 saturated carbocycles. The molecule has 0 aliphatic carbocycles. The van der Waals surface area contributed by atoms with Crippen molar-refractivity contribution < 1.29 is 0 Å². The maximum Gasteiger partial charge on any atom is 0.252 e. The van der Waals surface area contributed by atoms with E-state index in [-0.39, 0.29) is 6.71 Å². The van der Waals surface area contributed by atoms with E-state index >= 15 is 0 Å². The molecule has 13 aromatic carbocycles. The molecule has 0 bridgehead atoms. The molecule has 3 heterocycles. The van der Waals surface area contributed by atoms with Crippen molar-refractivity contribution in [2.45, 2.75) is 0 Å². The molecular formula is C78H53BN4. The molecule has 0 spiro atoms. The quantitative estimate of drug-likeness (QED) is 0.127. The first-order valence-electron chi connectivity index (χ1n) is 28.6. The number of aromatic nitrogens is 1. The molecule has 1 aromatic heterocycles. The number of benzene rings is 13. The number of rotatable bonds is 10. The van der Waals surface area contributed by atoms with Gasteiger partial charge in [-0.3, -0.25) is 0 Å². The van der Waals surface area contributed by atoms with Gasteiger partial charge < -0.3 is 19.3 Å². The maximum absolute atomic E-state index is 2.59. The summed E-state index contributed by atoms with van der Waals surface area (Å²) < 4.78 is 2.56. The van der Waals surface area contributed by atoms with E-state index in [0.717, 1.165) is 67.8 Å². The number of fused-ring (bicyclic) bond motifs is 8. The molecule has 4 nitrogen and oxygen atoms in total. The molecule has 0 saturated heterocycles. The summed E-state index contributed by atoms with van der Waals surface area (Å²) in [4.78, 5) is 7.51. The molecule has 14 aromatic rings. The van der Waals surface area contributed by atoms with Crippen LogP contribution in [0.25, 0.3) is 72.0 Å². The summed E-state index contributed by atoms with van der Waals surface area (Å²) in [5.41, 5.74) is 26.7. The van der Waals surface area contributed by atoms with Crippen LogP contribution in [0, 0.1) is 0 Å². The maximum atomic E-state index is 2.59. The fourth-order valence-electron chi connectivity index (χ4n) is 13.4. The molecule has 0 radical (unpaired) electrons. The summed E-state index contributed by atoms with van der Waals surface area (Å²) in [5, 5.41) is 2.40. The third kappa shape index (κ3) is 8.00. The third-order valence-corrected chi connectivity index (χ3v) is 16.9. The molecule has 0 unspecified atom stereocenters. The number of anilines is 9. The number of para-hydroxylation sites is 4.